The minimum absolute atomic E-state index is 0.0190. The fourth-order valence-electron chi connectivity index (χ4n) is 4.01. The molecule has 3 unspecified atom stereocenters. The molecule has 0 heterocycles. The molecule has 0 saturated heterocycles. The van der Waals surface area contributed by atoms with Gasteiger partial charge in [-0.25, -0.2) is 4.79 Å². The standard InChI is InChI=1S/C29H47N3O6/c1-11-20(6)32(27(35)24(18(3)4)31-28(36)38-29(8,9)10)25(22-15-13-14-19(5)21(22)7)26(34)30-17-16-23(33)37-12-2/h13-15,18,20,24-25H,11-12,16-17H2,1-10H3,(H,30,34)(H,31,36). The summed E-state index contributed by atoms with van der Waals surface area (Å²) in [6.07, 6.45) is -0.0955. The Morgan fingerprint density at radius 3 is 2.18 bits per heavy atom. The van der Waals surface area contributed by atoms with Gasteiger partial charge in [0.1, 0.15) is 17.7 Å². The molecule has 0 fully saturated rings. The summed E-state index contributed by atoms with van der Waals surface area (Å²) in [5, 5.41) is 5.56. The van der Waals surface area contributed by atoms with Crippen molar-refractivity contribution in [3.63, 3.8) is 0 Å². The van der Waals surface area contributed by atoms with Crippen molar-refractivity contribution in [2.24, 2.45) is 5.92 Å². The Kier molecular flexibility index (Phi) is 12.8. The summed E-state index contributed by atoms with van der Waals surface area (Å²) < 4.78 is 10.4. The molecule has 9 nitrogen and oxygen atoms in total. The van der Waals surface area contributed by atoms with Crippen LogP contribution < -0.4 is 10.6 Å². The van der Waals surface area contributed by atoms with Crippen LogP contribution in [0.4, 0.5) is 4.79 Å². The van der Waals surface area contributed by atoms with Crippen LogP contribution in [0.3, 0.4) is 0 Å². The molecule has 2 N–H and O–H groups in total. The van der Waals surface area contributed by atoms with E-state index in [0.717, 1.165) is 11.1 Å². The molecule has 214 valence electrons. The Labute approximate surface area is 228 Å². The SMILES string of the molecule is CCOC(=O)CCNC(=O)C(c1cccc(C)c1C)N(C(=O)C(NC(=O)OC(C)(C)C)C(C)C)C(C)CC. The van der Waals surface area contributed by atoms with Crippen LogP contribution in [0.5, 0.6) is 0 Å². The maximum atomic E-state index is 14.2. The largest absolute Gasteiger partial charge is 0.466 e. The zero-order chi connectivity index (χ0) is 29.2. The van der Waals surface area contributed by atoms with Gasteiger partial charge in [0.05, 0.1) is 13.0 Å². The number of rotatable bonds is 12. The van der Waals surface area contributed by atoms with E-state index in [1.54, 1.807) is 32.6 Å². The van der Waals surface area contributed by atoms with Crippen LogP contribution in [0.15, 0.2) is 18.2 Å². The van der Waals surface area contributed by atoms with Gasteiger partial charge in [-0.3, -0.25) is 14.4 Å². The predicted molar refractivity (Wildman–Crippen MR) is 148 cm³/mol. The van der Waals surface area contributed by atoms with Crippen molar-refractivity contribution in [1.82, 2.24) is 15.5 Å². The quantitative estimate of drug-likeness (QED) is 0.380. The maximum Gasteiger partial charge on any atom is 0.408 e. The molecule has 0 aliphatic carbocycles. The van der Waals surface area contributed by atoms with E-state index < -0.39 is 35.7 Å². The lowest BCUT2D eigenvalue weighted by molar-refractivity contribution is -0.146. The van der Waals surface area contributed by atoms with Gasteiger partial charge in [-0.15, -0.1) is 0 Å². The molecule has 1 aromatic rings. The van der Waals surface area contributed by atoms with Crippen LogP contribution >= 0.6 is 0 Å². The molecule has 0 aromatic heterocycles. The van der Waals surface area contributed by atoms with E-state index >= 15 is 0 Å². The highest BCUT2D eigenvalue weighted by atomic mass is 16.6. The molecule has 1 rings (SSSR count). The average Bonchev–Trinajstić information content (AvgIpc) is 2.81. The number of carbonyl (C=O) groups excluding carboxylic acids is 4. The molecule has 0 aliphatic heterocycles. The molecule has 0 saturated carbocycles. The fourth-order valence-corrected chi connectivity index (χ4v) is 4.01. The Morgan fingerprint density at radius 1 is 1.03 bits per heavy atom. The number of benzene rings is 1. The second-order valence-electron chi connectivity index (χ2n) is 10.9. The van der Waals surface area contributed by atoms with E-state index in [2.05, 4.69) is 10.6 Å². The summed E-state index contributed by atoms with van der Waals surface area (Å²) in [4.78, 5) is 54.0. The number of amides is 3. The molecule has 3 atom stereocenters. The molecule has 1 aromatic carbocycles. The average molecular weight is 534 g/mol. The maximum absolute atomic E-state index is 14.2. The van der Waals surface area contributed by atoms with Gasteiger partial charge >= 0.3 is 12.1 Å². The first-order valence-electron chi connectivity index (χ1n) is 13.5. The molecular weight excluding hydrogens is 486 g/mol. The van der Waals surface area contributed by atoms with Crippen molar-refractivity contribution < 1.29 is 28.7 Å². The smallest absolute Gasteiger partial charge is 0.408 e. The highest BCUT2D eigenvalue weighted by molar-refractivity contribution is 5.93. The molecule has 0 spiro atoms. The van der Waals surface area contributed by atoms with Crippen LogP contribution in [0.25, 0.3) is 0 Å². The summed E-state index contributed by atoms with van der Waals surface area (Å²) in [5.41, 5.74) is 1.83. The zero-order valence-corrected chi connectivity index (χ0v) is 24.8. The predicted octanol–water partition coefficient (Wildman–Crippen LogP) is 4.59. The van der Waals surface area contributed by atoms with Crippen LogP contribution in [-0.4, -0.2) is 59.6 Å². The lowest BCUT2D eigenvalue weighted by atomic mass is 9.92. The van der Waals surface area contributed by atoms with Gasteiger partial charge in [0.25, 0.3) is 0 Å². The Morgan fingerprint density at radius 2 is 1.66 bits per heavy atom. The minimum atomic E-state index is -0.971. The van der Waals surface area contributed by atoms with Crippen LogP contribution in [0.2, 0.25) is 0 Å². The number of aryl methyl sites for hydroxylation is 1. The first-order chi connectivity index (χ1) is 17.6. The Bertz CT molecular complexity index is 970. The normalized spacial score (nSPS) is 13.8. The summed E-state index contributed by atoms with van der Waals surface area (Å²) in [5.74, 6) is -1.47. The lowest BCUT2D eigenvalue weighted by Gasteiger charge is -2.39. The first kappa shape index (κ1) is 32.9. The van der Waals surface area contributed by atoms with Gasteiger partial charge in [0, 0.05) is 12.6 Å². The van der Waals surface area contributed by atoms with Crippen molar-refractivity contribution >= 4 is 23.9 Å². The number of esters is 1. The molecule has 0 bridgehead atoms. The van der Waals surface area contributed by atoms with Crippen molar-refractivity contribution in [1.29, 1.82) is 0 Å². The summed E-state index contributed by atoms with van der Waals surface area (Å²) in [6, 6.07) is 3.43. The topological polar surface area (TPSA) is 114 Å². The lowest BCUT2D eigenvalue weighted by Crippen LogP contribution is -2.57. The third kappa shape index (κ3) is 9.65. The summed E-state index contributed by atoms with van der Waals surface area (Å²) in [7, 11) is 0. The molecular formula is C29H47N3O6. The fraction of sp³-hybridized carbons (Fsp3) is 0.655. The molecule has 0 aliphatic rings. The van der Waals surface area contributed by atoms with Gasteiger partial charge in [-0.1, -0.05) is 39.0 Å². The van der Waals surface area contributed by atoms with Gasteiger partial charge in [-0.05, 0) is 77.5 Å². The Hall–Kier alpha value is -3.10. The third-order valence-corrected chi connectivity index (χ3v) is 6.33. The van der Waals surface area contributed by atoms with E-state index in [-0.39, 0.29) is 37.4 Å². The van der Waals surface area contributed by atoms with Crippen molar-refractivity contribution in [2.75, 3.05) is 13.2 Å². The van der Waals surface area contributed by atoms with E-state index in [1.807, 2.05) is 59.7 Å². The molecule has 38 heavy (non-hydrogen) atoms. The van der Waals surface area contributed by atoms with Crippen molar-refractivity contribution in [2.45, 2.75) is 106 Å². The second-order valence-corrected chi connectivity index (χ2v) is 10.9. The van der Waals surface area contributed by atoms with Crippen molar-refractivity contribution in [3.8, 4) is 0 Å². The van der Waals surface area contributed by atoms with Crippen LogP contribution in [0, 0.1) is 19.8 Å². The summed E-state index contributed by atoms with van der Waals surface area (Å²) >= 11 is 0. The third-order valence-electron chi connectivity index (χ3n) is 6.33. The van der Waals surface area contributed by atoms with Gasteiger partial charge in [0.2, 0.25) is 11.8 Å². The highest BCUT2D eigenvalue weighted by Crippen LogP contribution is 2.30. The summed E-state index contributed by atoms with van der Waals surface area (Å²) in [6.45, 7) is 18.7. The number of alkyl carbamates (subject to hydrolysis) is 1. The molecule has 9 heteroatoms. The number of hydrogen-bond donors (Lipinski definition) is 2. The van der Waals surface area contributed by atoms with Crippen LogP contribution in [-0.2, 0) is 23.9 Å². The minimum Gasteiger partial charge on any atom is -0.466 e. The van der Waals surface area contributed by atoms with E-state index in [4.69, 9.17) is 9.47 Å². The first-order valence-corrected chi connectivity index (χ1v) is 13.5. The number of carbonyl (C=O) groups is 4. The Balaban J connectivity index is 3.51. The van der Waals surface area contributed by atoms with Gasteiger partial charge < -0.3 is 25.0 Å². The van der Waals surface area contributed by atoms with E-state index in [9.17, 15) is 19.2 Å². The highest BCUT2D eigenvalue weighted by Gasteiger charge is 2.40. The monoisotopic (exact) mass is 533 g/mol. The number of nitrogens with zero attached hydrogens (tertiary/aromatic N) is 1. The number of ether oxygens (including phenoxy) is 2. The van der Waals surface area contributed by atoms with Crippen molar-refractivity contribution in [3.05, 3.63) is 34.9 Å². The van der Waals surface area contributed by atoms with E-state index in [1.165, 1.54) is 0 Å². The van der Waals surface area contributed by atoms with E-state index in [0.29, 0.717) is 12.0 Å². The van der Waals surface area contributed by atoms with Gasteiger partial charge in [0.15, 0.2) is 0 Å². The van der Waals surface area contributed by atoms with Crippen LogP contribution in [0.1, 0.15) is 91.0 Å². The van der Waals surface area contributed by atoms with Gasteiger partial charge in [-0.2, -0.15) is 0 Å². The molecule has 3 amide bonds. The number of nitrogens with one attached hydrogen (secondary N) is 2. The molecule has 0 radical (unpaired) electrons. The zero-order valence-electron chi connectivity index (χ0n) is 24.8. The number of hydrogen-bond acceptors (Lipinski definition) is 6. The second kappa shape index (κ2) is 14.7.